The van der Waals surface area contributed by atoms with Crippen LogP contribution >= 0.6 is 0 Å². The van der Waals surface area contributed by atoms with Gasteiger partial charge in [-0.25, -0.2) is 0 Å². The van der Waals surface area contributed by atoms with Crippen molar-refractivity contribution in [3.05, 3.63) is 17.5 Å². The van der Waals surface area contributed by atoms with Crippen molar-refractivity contribution in [2.24, 2.45) is 0 Å². The maximum atomic E-state index is 11.7. The molecule has 16 heavy (non-hydrogen) atoms. The number of rotatable bonds is 3. The van der Waals surface area contributed by atoms with Gasteiger partial charge in [0.05, 0.1) is 6.20 Å². The van der Waals surface area contributed by atoms with E-state index in [1.54, 1.807) is 6.92 Å². The first kappa shape index (κ1) is 11.1. The normalized spacial score (nSPS) is 20.7. The van der Waals surface area contributed by atoms with Crippen LogP contribution < -0.4 is 10.6 Å². The summed E-state index contributed by atoms with van der Waals surface area (Å²) >= 11 is 0. The number of aryl methyl sites for hydroxylation is 1. The summed E-state index contributed by atoms with van der Waals surface area (Å²) < 4.78 is 4.85. The van der Waals surface area contributed by atoms with Crippen molar-refractivity contribution in [1.29, 1.82) is 0 Å². The van der Waals surface area contributed by atoms with Crippen LogP contribution in [0.25, 0.3) is 0 Å². The third-order valence-corrected chi connectivity index (χ3v) is 2.92. The fourth-order valence-electron chi connectivity index (χ4n) is 1.93. The van der Waals surface area contributed by atoms with E-state index in [0.29, 0.717) is 23.9 Å². The highest BCUT2D eigenvalue weighted by Gasteiger charge is 2.16. The molecule has 1 unspecified atom stereocenters. The molecular formula is C11H17N3O2. The van der Waals surface area contributed by atoms with E-state index in [0.717, 1.165) is 13.0 Å². The van der Waals surface area contributed by atoms with Gasteiger partial charge in [0.15, 0.2) is 0 Å². The first-order chi connectivity index (χ1) is 7.77. The van der Waals surface area contributed by atoms with Crippen molar-refractivity contribution in [2.75, 3.05) is 13.1 Å². The Morgan fingerprint density at radius 3 is 3.19 bits per heavy atom. The number of piperidine rings is 1. The molecule has 5 heteroatoms. The molecule has 88 valence electrons. The van der Waals surface area contributed by atoms with Crippen LogP contribution in [0.2, 0.25) is 0 Å². The van der Waals surface area contributed by atoms with Crippen LogP contribution in [0, 0.1) is 6.92 Å². The van der Waals surface area contributed by atoms with E-state index in [1.807, 2.05) is 0 Å². The number of hydrogen-bond acceptors (Lipinski definition) is 4. The minimum Gasteiger partial charge on any atom is -0.361 e. The lowest BCUT2D eigenvalue weighted by Crippen LogP contribution is -2.43. The molecule has 1 amide bonds. The lowest BCUT2D eigenvalue weighted by molar-refractivity contribution is 0.0946. The van der Waals surface area contributed by atoms with Crippen LogP contribution in [-0.4, -0.2) is 30.2 Å². The SMILES string of the molecule is Cc1oncc1C(=O)NCC1CCCCN1. The lowest BCUT2D eigenvalue weighted by Gasteiger charge is -2.23. The molecule has 2 heterocycles. The molecule has 1 aromatic rings. The highest BCUT2D eigenvalue weighted by Crippen LogP contribution is 2.07. The molecule has 2 rings (SSSR count). The molecule has 1 atom stereocenters. The van der Waals surface area contributed by atoms with Gasteiger partial charge in [0, 0.05) is 12.6 Å². The Morgan fingerprint density at radius 1 is 1.69 bits per heavy atom. The molecule has 1 aliphatic heterocycles. The number of nitrogens with one attached hydrogen (secondary N) is 2. The summed E-state index contributed by atoms with van der Waals surface area (Å²) in [5.74, 6) is 0.459. The van der Waals surface area contributed by atoms with Gasteiger partial charge in [0.25, 0.3) is 5.91 Å². The summed E-state index contributed by atoms with van der Waals surface area (Å²) in [4.78, 5) is 11.7. The van der Waals surface area contributed by atoms with Gasteiger partial charge in [-0.3, -0.25) is 4.79 Å². The minimum atomic E-state index is -0.105. The van der Waals surface area contributed by atoms with Gasteiger partial charge in [-0.2, -0.15) is 0 Å². The Hall–Kier alpha value is -1.36. The number of hydrogen-bond donors (Lipinski definition) is 2. The average molecular weight is 223 g/mol. The highest BCUT2D eigenvalue weighted by molar-refractivity contribution is 5.94. The van der Waals surface area contributed by atoms with E-state index in [1.165, 1.54) is 19.0 Å². The van der Waals surface area contributed by atoms with E-state index in [-0.39, 0.29) is 5.91 Å². The second kappa shape index (κ2) is 5.12. The fraction of sp³-hybridized carbons (Fsp3) is 0.636. The van der Waals surface area contributed by atoms with Crippen molar-refractivity contribution in [2.45, 2.75) is 32.2 Å². The molecule has 0 spiro atoms. The third kappa shape index (κ3) is 2.61. The Labute approximate surface area is 94.6 Å². The minimum absolute atomic E-state index is 0.105. The second-order valence-corrected chi connectivity index (χ2v) is 4.15. The fourth-order valence-corrected chi connectivity index (χ4v) is 1.93. The molecule has 5 nitrogen and oxygen atoms in total. The van der Waals surface area contributed by atoms with Crippen molar-refractivity contribution < 1.29 is 9.32 Å². The largest absolute Gasteiger partial charge is 0.361 e. The van der Waals surface area contributed by atoms with E-state index in [9.17, 15) is 4.79 Å². The Balaban J connectivity index is 1.81. The predicted octanol–water partition coefficient (Wildman–Crippen LogP) is 0.855. The predicted molar refractivity (Wildman–Crippen MR) is 59.2 cm³/mol. The molecule has 0 radical (unpaired) electrons. The van der Waals surface area contributed by atoms with Crippen molar-refractivity contribution in [1.82, 2.24) is 15.8 Å². The molecular weight excluding hydrogens is 206 g/mol. The first-order valence-electron chi connectivity index (χ1n) is 5.70. The second-order valence-electron chi connectivity index (χ2n) is 4.15. The summed E-state index contributed by atoms with van der Waals surface area (Å²) in [7, 11) is 0. The van der Waals surface area contributed by atoms with Gasteiger partial charge < -0.3 is 15.2 Å². The lowest BCUT2D eigenvalue weighted by atomic mass is 10.1. The van der Waals surface area contributed by atoms with Gasteiger partial charge in [-0.15, -0.1) is 0 Å². The topological polar surface area (TPSA) is 67.2 Å². The van der Waals surface area contributed by atoms with Crippen LogP contribution in [0.15, 0.2) is 10.7 Å². The van der Waals surface area contributed by atoms with Gasteiger partial charge in [0.2, 0.25) is 0 Å². The molecule has 0 bridgehead atoms. The summed E-state index contributed by atoms with van der Waals surface area (Å²) in [6, 6.07) is 0.401. The van der Waals surface area contributed by atoms with Crippen molar-refractivity contribution >= 4 is 5.91 Å². The number of nitrogens with zero attached hydrogens (tertiary/aromatic N) is 1. The van der Waals surface area contributed by atoms with E-state index in [2.05, 4.69) is 15.8 Å². The Morgan fingerprint density at radius 2 is 2.56 bits per heavy atom. The van der Waals surface area contributed by atoms with E-state index >= 15 is 0 Å². The number of carbonyl (C=O) groups excluding carboxylic acids is 1. The van der Waals surface area contributed by atoms with Crippen molar-refractivity contribution in [3.63, 3.8) is 0 Å². The highest BCUT2D eigenvalue weighted by atomic mass is 16.5. The van der Waals surface area contributed by atoms with Gasteiger partial charge in [-0.05, 0) is 26.3 Å². The zero-order valence-corrected chi connectivity index (χ0v) is 9.45. The Bertz CT molecular complexity index is 356. The molecule has 0 aliphatic carbocycles. The maximum Gasteiger partial charge on any atom is 0.256 e. The van der Waals surface area contributed by atoms with Gasteiger partial charge >= 0.3 is 0 Å². The molecule has 1 aliphatic rings. The molecule has 2 N–H and O–H groups in total. The number of aromatic nitrogens is 1. The molecule has 1 fully saturated rings. The maximum absolute atomic E-state index is 11.7. The van der Waals surface area contributed by atoms with Crippen LogP contribution in [0.4, 0.5) is 0 Å². The van der Waals surface area contributed by atoms with Crippen LogP contribution in [0.5, 0.6) is 0 Å². The van der Waals surface area contributed by atoms with Gasteiger partial charge in [0.1, 0.15) is 11.3 Å². The van der Waals surface area contributed by atoms with Crippen LogP contribution in [-0.2, 0) is 0 Å². The molecule has 0 aromatic carbocycles. The monoisotopic (exact) mass is 223 g/mol. The van der Waals surface area contributed by atoms with E-state index in [4.69, 9.17) is 4.52 Å². The standard InChI is InChI=1S/C11H17N3O2/c1-8-10(7-14-16-8)11(15)13-6-9-4-2-3-5-12-9/h7,9,12H,2-6H2,1H3,(H,13,15). The van der Waals surface area contributed by atoms with Crippen LogP contribution in [0.3, 0.4) is 0 Å². The first-order valence-corrected chi connectivity index (χ1v) is 5.70. The zero-order chi connectivity index (χ0) is 11.4. The Kier molecular flexibility index (Phi) is 3.56. The van der Waals surface area contributed by atoms with Crippen LogP contribution in [0.1, 0.15) is 35.4 Å². The summed E-state index contributed by atoms with van der Waals surface area (Å²) in [6.45, 7) is 3.46. The third-order valence-electron chi connectivity index (χ3n) is 2.92. The van der Waals surface area contributed by atoms with Gasteiger partial charge in [-0.1, -0.05) is 11.6 Å². The number of carbonyl (C=O) groups is 1. The molecule has 1 saturated heterocycles. The summed E-state index contributed by atoms with van der Waals surface area (Å²) in [5.41, 5.74) is 0.524. The van der Waals surface area contributed by atoms with Crippen molar-refractivity contribution in [3.8, 4) is 0 Å². The number of amides is 1. The van der Waals surface area contributed by atoms with E-state index < -0.39 is 0 Å². The molecule has 1 aromatic heterocycles. The average Bonchev–Trinajstić information content (AvgIpc) is 2.74. The zero-order valence-electron chi connectivity index (χ0n) is 9.45. The summed E-state index contributed by atoms with van der Waals surface area (Å²) in [5, 5.41) is 9.86. The smallest absolute Gasteiger partial charge is 0.256 e. The summed E-state index contributed by atoms with van der Waals surface area (Å²) in [6.07, 6.45) is 5.05. The quantitative estimate of drug-likeness (QED) is 0.797. The molecule has 0 saturated carbocycles.